The number of urea groups is 1. The van der Waals surface area contributed by atoms with E-state index in [1.54, 1.807) is 53.7 Å². The van der Waals surface area contributed by atoms with Crippen molar-refractivity contribution in [2.24, 2.45) is 5.92 Å². The summed E-state index contributed by atoms with van der Waals surface area (Å²) in [6.07, 6.45) is 3.89. The summed E-state index contributed by atoms with van der Waals surface area (Å²) in [4.78, 5) is 33.0. The Morgan fingerprint density at radius 2 is 1.80 bits per heavy atom. The molecule has 0 radical (unpaired) electrons. The van der Waals surface area contributed by atoms with Crippen LogP contribution in [0.3, 0.4) is 0 Å². The number of benzene rings is 2. The predicted octanol–water partition coefficient (Wildman–Crippen LogP) is 5.87. The third kappa shape index (κ3) is 6.73. The molecule has 1 aromatic heterocycles. The summed E-state index contributed by atoms with van der Waals surface area (Å²) in [5, 5.41) is 5.10. The molecule has 0 saturated heterocycles. The predicted molar refractivity (Wildman–Crippen MR) is 138 cm³/mol. The van der Waals surface area contributed by atoms with Crippen molar-refractivity contribution in [2.45, 2.75) is 32.8 Å². The zero-order chi connectivity index (χ0) is 24.9. The van der Waals surface area contributed by atoms with Gasteiger partial charge in [-0.25, -0.2) is 9.78 Å². The molecule has 0 atom stereocenters. The molecule has 0 spiro atoms. The number of hydrogen-bond acceptors (Lipinski definition) is 6. The summed E-state index contributed by atoms with van der Waals surface area (Å²) in [6.45, 7) is 4.55. The number of hydrogen-bond donors (Lipinski definition) is 1. The normalized spacial score (nSPS) is 12.8. The Balaban J connectivity index is 1.54. The van der Waals surface area contributed by atoms with Crippen molar-refractivity contribution in [1.82, 2.24) is 9.88 Å². The number of nitrogens with zero attached hydrogens (tertiary/aromatic N) is 3. The van der Waals surface area contributed by atoms with Crippen molar-refractivity contribution in [1.29, 1.82) is 0 Å². The number of anilines is 2. The van der Waals surface area contributed by atoms with Crippen molar-refractivity contribution in [3.63, 3.8) is 0 Å². The van der Waals surface area contributed by atoms with Gasteiger partial charge in [0.2, 0.25) is 0 Å². The summed E-state index contributed by atoms with van der Waals surface area (Å²) in [7, 11) is 3.52. The Bertz CT molecular complexity index is 1160. The second-order valence-electron chi connectivity index (χ2n) is 8.98. The maximum absolute atomic E-state index is 12.8. The van der Waals surface area contributed by atoms with Crippen molar-refractivity contribution < 1.29 is 19.1 Å². The molecule has 0 bridgehead atoms. The number of carbonyl (C=O) groups is 2. The fraction of sp³-hybridized carbons (Fsp3) is 0.346. The van der Waals surface area contributed by atoms with E-state index in [4.69, 9.17) is 9.47 Å². The monoisotopic (exact) mass is 494 g/mol. The first-order chi connectivity index (χ1) is 16.8. The molecule has 1 aliphatic rings. The van der Waals surface area contributed by atoms with Gasteiger partial charge in [-0.2, -0.15) is 0 Å². The van der Waals surface area contributed by atoms with Crippen molar-refractivity contribution >= 4 is 34.1 Å². The number of aromatic nitrogens is 1. The second-order valence-corrected chi connectivity index (χ2v) is 9.87. The second kappa shape index (κ2) is 10.8. The Morgan fingerprint density at radius 1 is 1.09 bits per heavy atom. The number of carbonyl (C=O) groups excluding carboxylic acids is 2. The van der Waals surface area contributed by atoms with Crippen molar-refractivity contribution in [3.8, 4) is 17.2 Å². The number of thiazole rings is 1. The Labute approximate surface area is 209 Å². The van der Waals surface area contributed by atoms with Crippen LogP contribution in [0.25, 0.3) is 0 Å². The van der Waals surface area contributed by atoms with Crippen molar-refractivity contribution in [2.75, 3.05) is 30.9 Å². The van der Waals surface area contributed by atoms with Crippen LogP contribution in [-0.4, -0.2) is 48.6 Å². The van der Waals surface area contributed by atoms with Crippen LogP contribution in [0.4, 0.5) is 15.6 Å². The number of amides is 3. The Hall–Kier alpha value is -3.59. The van der Waals surface area contributed by atoms with Gasteiger partial charge in [0.15, 0.2) is 5.13 Å². The van der Waals surface area contributed by atoms with E-state index in [0.717, 1.165) is 18.5 Å². The summed E-state index contributed by atoms with van der Waals surface area (Å²) < 4.78 is 11.9. The van der Waals surface area contributed by atoms with Gasteiger partial charge in [-0.1, -0.05) is 0 Å². The molecular formula is C26H30N4O4S. The molecule has 2 aromatic carbocycles. The van der Waals surface area contributed by atoms with E-state index >= 15 is 0 Å². The molecule has 9 heteroatoms. The van der Waals surface area contributed by atoms with Crippen LogP contribution >= 0.6 is 11.3 Å². The maximum Gasteiger partial charge on any atom is 0.323 e. The molecule has 3 aromatic rings. The van der Waals surface area contributed by atoms with Gasteiger partial charge in [-0.3, -0.25) is 15.0 Å². The van der Waals surface area contributed by atoms with E-state index in [-0.39, 0.29) is 18.0 Å². The molecule has 35 heavy (non-hydrogen) atoms. The Morgan fingerprint density at radius 3 is 2.40 bits per heavy atom. The highest BCUT2D eigenvalue weighted by atomic mass is 32.1. The average Bonchev–Trinajstić information content (AvgIpc) is 3.50. The van der Waals surface area contributed by atoms with E-state index in [1.165, 1.54) is 11.3 Å². The molecule has 1 N–H and O–H groups in total. The van der Waals surface area contributed by atoms with Gasteiger partial charge >= 0.3 is 6.03 Å². The van der Waals surface area contributed by atoms with Gasteiger partial charge in [0.1, 0.15) is 17.2 Å². The smallest absolute Gasteiger partial charge is 0.323 e. The zero-order valence-corrected chi connectivity index (χ0v) is 21.2. The maximum atomic E-state index is 12.8. The minimum atomic E-state index is -0.299. The fourth-order valence-corrected chi connectivity index (χ4v) is 4.00. The van der Waals surface area contributed by atoms with Crippen LogP contribution in [-0.2, 0) is 0 Å². The lowest BCUT2D eigenvalue weighted by molar-refractivity contribution is 0.102. The van der Waals surface area contributed by atoms with E-state index in [0.29, 0.717) is 40.4 Å². The minimum Gasteiger partial charge on any atom is -0.491 e. The summed E-state index contributed by atoms with van der Waals surface area (Å²) in [5.41, 5.74) is 1.22. The van der Waals surface area contributed by atoms with Crippen molar-refractivity contribution in [3.05, 3.63) is 59.6 Å². The summed E-state index contributed by atoms with van der Waals surface area (Å²) >= 11 is 1.35. The first kappa shape index (κ1) is 24.5. The largest absolute Gasteiger partial charge is 0.491 e. The van der Waals surface area contributed by atoms with Gasteiger partial charge in [-0.15, -0.1) is 11.3 Å². The van der Waals surface area contributed by atoms with Gasteiger partial charge < -0.3 is 14.4 Å². The lowest BCUT2D eigenvalue weighted by Crippen LogP contribution is -2.40. The highest BCUT2D eigenvalue weighted by Crippen LogP contribution is 2.33. The lowest BCUT2D eigenvalue weighted by atomic mass is 10.2. The standard InChI is InChI=1S/C26H30N4O4S/c1-17(2)33-22-13-19(24(31)28-25-27-11-12-35-25)14-23(15-22)34-21-9-7-20(8-10-21)30(16-18-5-6-18)26(32)29(3)4/h7-15,17-18H,5-6,16H2,1-4H3,(H,27,28,31). The topological polar surface area (TPSA) is 84.0 Å². The molecular weight excluding hydrogens is 464 g/mol. The zero-order valence-electron chi connectivity index (χ0n) is 20.4. The third-order valence-electron chi connectivity index (χ3n) is 5.30. The number of nitrogens with one attached hydrogen (secondary N) is 1. The fourth-order valence-electron chi connectivity index (χ4n) is 3.48. The molecule has 0 aliphatic heterocycles. The third-order valence-corrected chi connectivity index (χ3v) is 5.99. The molecule has 1 saturated carbocycles. The minimum absolute atomic E-state index is 0.0417. The number of rotatable bonds is 9. The van der Waals surface area contributed by atoms with E-state index in [2.05, 4.69) is 10.3 Å². The highest BCUT2D eigenvalue weighted by molar-refractivity contribution is 7.13. The van der Waals surface area contributed by atoms with Crippen LogP contribution in [0.5, 0.6) is 17.2 Å². The molecule has 184 valence electrons. The molecule has 3 amide bonds. The van der Waals surface area contributed by atoms with Gasteiger partial charge in [-0.05, 0) is 69.0 Å². The molecule has 1 heterocycles. The van der Waals surface area contributed by atoms with Gasteiger partial charge in [0.25, 0.3) is 5.91 Å². The lowest BCUT2D eigenvalue weighted by Gasteiger charge is -2.26. The number of ether oxygens (including phenoxy) is 2. The van der Waals surface area contributed by atoms with Gasteiger partial charge in [0, 0.05) is 49.5 Å². The van der Waals surface area contributed by atoms with Crippen LogP contribution in [0, 0.1) is 5.92 Å². The first-order valence-corrected chi connectivity index (χ1v) is 12.5. The van der Waals surface area contributed by atoms with E-state index in [9.17, 15) is 9.59 Å². The molecule has 0 unspecified atom stereocenters. The average molecular weight is 495 g/mol. The summed E-state index contributed by atoms with van der Waals surface area (Å²) in [6, 6.07) is 12.5. The van der Waals surface area contributed by atoms with Gasteiger partial charge in [0.05, 0.1) is 6.10 Å². The molecule has 1 aliphatic carbocycles. The quantitative estimate of drug-likeness (QED) is 0.402. The van der Waals surface area contributed by atoms with Crippen LogP contribution in [0.15, 0.2) is 54.0 Å². The SMILES string of the molecule is CC(C)Oc1cc(Oc2ccc(N(CC3CC3)C(=O)N(C)C)cc2)cc(C(=O)Nc2nccs2)c1. The first-order valence-electron chi connectivity index (χ1n) is 11.6. The molecule has 1 fully saturated rings. The highest BCUT2D eigenvalue weighted by Gasteiger charge is 2.28. The van der Waals surface area contributed by atoms with E-state index in [1.807, 2.05) is 38.1 Å². The molecule has 8 nitrogen and oxygen atoms in total. The van der Waals surface area contributed by atoms with Crippen LogP contribution in [0.2, 0.25) is 0 Å². The Kier molecular flexibility index (Phi) is 7.55. The van der Waals surface area contributed by atoms with Crippen LogP contribution < -0.4 is 19.7 Å². The summed E-state index contributed by atoms with van der Waals surface area (Å²) in [5.74, 6) is 1.86. The van der Waals surface area contributed by atoms with E-state index < -0.39 is 0 Å². The molecule has 4 rings (SSSR count). The van der Waals surface area contributed by atoms with Crippen LogP contribution in [0.1, 0.15) is 37.0 Å².